The molecule has 0 atom stereocenters. The van der Waals surface area contributed by atoms with E-state index in [1.54, 1.807) is 0 Å². The lowest BCUT2D eigenvalue weighted by Gasteiger charge is -2.14. The van der Waals surface area contributed by atoms with Crippen LogP contribution < -0.4 is 14.8 Å². The predicted octanol–water partition coefficient (Wildman–Crippen LogP) is 5.76. The normalized spacial score (nSPS) is 10.2. The quantitative estimate of drug-likeness (QED) is 0.477. The molecule has 0 aliphatic rings. The van der Waals surface area contributed by atoms with Crippen molar-refractivity contribution in [1.29, 1.82) is 0 Å². The van der Waals surface area contributed by atoms with Gasteiger partial charge in [-0.05, 0) is 43.1 Å². The lowest BCUT2D eigenvalue weighted by Crippen LogP contribution is -2.14. The summed E-state index contributed by atoms with van der Waals surface area (Å²) in [7, 11) is 0. The zero-order valence-electron chi connectivity index (χ0n) is 16.0. The number of unbranched alkanes of at least 4 members (excludes halogenated alkanes) is 3. The number of hydrogen-bond donors (Lipinski definition) is 1. The number of halogens is 1. The fourth-order valence-electron chi connectivity index (χ4n) is 2.69. The molecule has 0 heterocycles. The minimum atomic E-state index is 0. The van der Waals surface area contributed by atoms with Crippen LogP contribution in [-0.2, 0) is 13.2 Å². The van der Waals surface area contributed by atoms with E-state index in [2.05, 4.69) is 36.5 Å². The molecule has 0 amide bonds. The summed E-state index contributed by atoms with van der Waals surface area (Å²) in [5.41, 5.74) is 2.38. The zero-order valence-corrected chi connectivity index (χ0v) is 16.8. The van der Waals surface area contributed by atoms with Crippen LogP contribution in [0, 0.1) is 0 Å². The van der Waals surface area contributed by atoms with Crippen molar-refractivity contribution in [3.63, 3.8) is 0 Å². The maximum Gasteiger partial charge on any atom is 0.161 e. The largest absolute Gasteiger partial charge is 0.490 e. The molecule has 0 saturated carbocycles. The molecule has 144 valence electrons. The second-order valence-corrected chi connectivity index (χ2v) is 6.23. The number of rotatable bonds is 12. The van der Waals surface area contributed by atoms with Gasteiger partial charge in [0.25, 0.3) is 0 Å². The smallest absolute Gasteiger partial charge is 0.161 e. The third-order valence-electron chi connectivity index (χ3n) is 4.08. The van der Waals surface area contributed by atoms with Gasteiger partial charge in [-0.25, -0.2) is 0 Å². The molecule has 0 aromatic heterocycles. The average Bonchev–Trinajstić information content (AvgIpc) is 2.65. The van der Waals surface area contributed by atoms with Crippen LogP contribution >= 0.6 is 12.4 Å². The van der Waals surface area contributed by atoms with Gasteiger partial charge in [0, 0.05) is 6.54 Å². The first-order valence-electron chi connectivity index (χ1n) is 9.46. The molecule has 0 spiro atoms. The number of ether oxygens (including phenoxy) is 2. The lowest BCUT2D eigenvalue weighted by molar-refractivity contribution is 0.269. The molecule has 2 aromatic carbocycles. The van der Waals surface area contributed by atoms with E-state index in [0.717, 1.165) is 30.2 Å². The van der Waals surface area contributed by atoms with E-state index >= 15 is 0 Å². The minimum absolute atomic E-state index is 0. The van der Waals surface area contributed by atoms with Crippen LogP contribution in [-0.4, -0.2) is 13.2 Å². The van der Waals surface area contributed by atoms with Gasteiger partial charge in [0.15, 0.2) is 11.5 Å². The third-order valence-corrected chi connectivity index (χ3v) is 4.08. The van der Waals surface area contributed by atoms with Crippen LogP contribution in [0.15, 0.2) is 48.5 Å². The van der Waals surface area contributed by atoms with Crippen molar-refractivity contribution in [3.05, 3.63) is 59.7 Å². The molecule has 0 radical (unpaired) electrons. The van der Waals surface area contributed by atoms with Crippen molar-refractivity contribution in [2.75, 3.05) is 13.2 Å². The summed E-state index contributed by atoms with van der Waals surface area (Å²) in [6, 6.07) is 16.4. The first kappa shape index (κ1) is 22.3. The van der Waals surface area contributed by atoms with E-state index in [4.69, 9.17) is 9.47 Å². The number of nitrogens with one attached hydrogen (secondary N) is 1. The van der Waals surface area contributed by atoms with Gasteiger partial charge in [0.05, 0.1) is 6.61 Å². The molecule has 1 N–H and O–H groups in total. The second-order valence-electron chi connectivity index (χ2n) is 6.23. The summed E-state index contributed by atoms with van der Waals surface area (Å²) < 4.78 is 11.7. The molecule has 3 nitrogen and oxygen atoms in total. The molecule has 0 aliphatic heterocycles. The summed E-state index contributed by atoms with van der Waals surface area (Å²) in [6.07, 6.45) is 5.15. The van der Waals surface area contributed by atoms with Gasteiger partial charge in [-0.2, -0.15) is 0 Å². The topological polar surface area (TPSA) is 30.5 Å². The van der Waals surface area contributed by atoms with Gasteiger partial charge in [0.1, 0.15) is 6.61 Å². The Kier molecular flexibility index (Phi) is 11.6. The van der Waals surface area contributed by atoms with Gasteiger partial charge in [-0.3, -0.25) is 0 Å². The van der Waals surface area contributed by atoms with Gasteiger partial charge >= 0.3 is 0 Å². The van der Waals surface area contributed by atoms with Crippen LogP contribution in [0.2, 0.25) is 0 Å². The SMILES string of the molecule is CCCCCCNCc1ccc(OCc2ccccc2)c(OCC)c1.Cl. The Balaban J connectivity index is 0.00000338. The Morgan fingerprint density at radius 3 is 2.35 bits per heavy atom. The van der Waals surface area contributed by atoms with Gasteiger partial charge in [0.2, 0.25) is 0 Å². The Labute approximate surface area is 164 Å². The fraction of sp³-hybridized carbons (Fsp3) is 0.455. The Morgan fingerprint density at radius 1 is 0.808 bits per heavy atom. The lowest BCUT2D eigenvalue weighted by atomic mass is 10.2. The van der Waals surface area contributed by atoms with E-state index in [9.17, 15) is 0 Å². The summed E-state index contributed by atoms with van der Waals surface area (Å²) >= 11 is 0. The molecule has 0 aliphatic carbocycles. The van der Waals surface area contributed by atoms with Gasteiger partial charge in [-0.1, -0.05) is 62.6 Å². The molecule has 0 fully saturated rings. The first-order valence-corrected chi connectivity index (χ1v) is 9.46. The summed E-state index contributed by atoms with van der Waals surface area (Å²) in [4.78, 5) is 0. The monoisotopic (exact) mass is 377 g/mol. The summed E-state index contributed by atoms with van der Waals surface area (Å²) in [5, 5.41) is 3.51. The van der Waals surface area contributed by atoms with E-state index in [-0.39, 0.29) is 12.4 Å². The van der Waals surface area contributed by atoms with Crippen molar-refractivity contribution in [2.24, 2.45) is 0 Å². The Bertz CT molecular complexity index is 604. The third kappa shape index (κ3) is 8.11. The molecular formula is C22H32ClNO2. The summed E-state index contributed by atoms with van der Waals surface area (Å²) in [5.74, 6) is 1.63. The van der Waals surface area contributed by atoms with Gasteiger partial charge < -0.3 is 14.8 Å². The van der Waals surface area contributed by atoms with E-state index < -0.39 is 0 Å². The molecule has 0 unspecified atom stereocenters. The van der Waals surface area contributed by atoms with Crippen LogP contribution in [0.1, 0.15) is 50.7 Å². The molecule has 2 rings (SSSR count). The van der Waals surface area contributed by atoms with Crippen LogP contribution in [0.25, 0.3) is 0 Å². The van der Waals surface area contributed by atoms with Crippen molar-refractivity contribution >= 4 is 12.4 Å². The molecule has 26 heavy (non-hydrogen) atoms. The molecule has 2 aromatic rings. The number of benzene rings is 2. The first-order chi connectivity index (χ1) is 12.3. The van der Waals surface area contributed by atoms with Crippen LogP contribution in [0.4, 0.5) is 0 Å². The highest BCUT2D eigenvalue weighted by Crippen LogP contribution is 2.29. The second kappa shape index (κ2) is 13.5. The maximum absolute atomic E-state index is 5.96. The predicted molar refractivity (Wildman–Crippen MR) is 111 cm³/mol. The Morgan fingerprint density at radius 2 is 1.62 bits per heavy atom. The van der Waals surface area contributed by atoms with Crippen molar-refractivity contribution in [2.45, 2.75) is 52.7 Å². The minimum Gasteiger partial charge on any atom is -0.490 e. The van der Waals surface area contributed by atoms with Crippen molar-refractivity contribution < 1.29 is 9.47 Å². The average molecular weight is 378 g/mol. The van der Waals surface area contributed by atoms with Crippen LogP contribution in [0.3, 0.4) is 0 Å². The Hall–Kier alpha value is -1.71. The van der Waals surface area contributed by atoms with Crippen LogP contribution in [0.5, 0.6) is 11.5 Å². The zero-order chi connectivity index (χ0) is 17.7. The molecule has 4 heteroatoms. The maximum atomic E-state index is 5.96. The molecule has 0 bridgehead atoms. The standard InChI is InChI=1S/C22H31NO2.ClH/c1-3-5-6-10-15-23-17-20-13-14-21(22(16-20)24-4-2)25-18-19-11-8-7-9-12-19;/h7-9,11-14,16,23H,3-6,10,15,17-18H2,1-2H3;1H. The van der Waals surface area contributed by atoms with Crippen molar-refractivity contribution in [3.8, 4) is 11.5 Å². The number of hydrogen-bond acceptors (Lipinski definition) is 3. The van der Waals surface area contributed by atoms with E-state index in [0.29, 0.717) is 13.2 Å². The highest BCUT2D eigenvalue weighted by atomic mass is 35.5. The van der Waals surface area contributed by atoms with E-state index in [1.165, 1.54) is 31.2 Å². The van der Waals surface area contributed by atoms with E-state index in [1.807, 2.05) is 31.2 Å². The highest BCUT2D eigenvalue weighted by Gasteiger charge is 2.07. The van der Waals surface area contributed by atoms with Gasteiger partial charge in [-0.15, -0.1) is 12.4 Å². The highest BCUT2D eigenvalue weighted by molar-refractivity contribution is 5.85. The van der Waals surface area contributed by atoms with Crippen molar-refractivity contribution in [1.82, 2.24) is 5.32 Å². The molecule has 0 saturated heterocycles. The molecular weight excluding hydrogens is 346 g/mol. The summed E-state index contributed by atoms with van der Waals surface area (Å²) in [6.45, 7) is 7.36. The fourth-order valence-corrected chi connectivity index (χ4v) is 2.69.